The van der Waals surface area contributed by atoms with Crippen LogP contribution in [0, 0.1) is 0 Å². The third kappa shape index (κ3) is 6.76. The van der Waals surface area contributed by atoms with E-state index in [1.54, 1.807) is 60.7 Å². The molecule has 35 heavy (non-hydrogen) atoms. The molecule has 10 heteroatoms. The van der Waals surface area contributed by atoms with E-state index in [1.165, 1.54) is 0 Å². The summed E-state index contributed by atoms with van der Waals surface area (Å²) in [5.41, 5.74) is 2.26. The summed E-state index contributed by atoms with van der Waals surface area (Å²) >= 11 is 13.5. The zero-order valence-electron chi connectivity index (χ0n) is 18.0. The van der Waals surface area contributed by atoms with Crippen LogP contribution in [0.5, 0.6) is 5.75 Å². The molecule has 1 saturated heterocycles. The number of halogens is 3. The zero-order chi connectivity index (χ0) is 24.9. The maximum Gasteiger partial charge on any atom is 0.294 e. The summed E-state index contributed by atoms with van der Waals surface area (Å²) in [5.74, 6) is -0.333. The number of nitrogens with one attached hydrogen (secondary N) is 1. The van der Waals surface area contributed by atoms with E-state index in [9.17, 15) is 14.4 Å². The molecule has 1 aliphatic rings. The number of thioether (sulfide) groups is 1. The highest BCUT2D eigenvalue weighted by Gasteiger charge is 2.36. The van der Waals surface area contributed by atoms with E-state index < -0.39 is 17.1 Å². The Kier molecular flexibility index (Phi) is 8.33. The first-order chi connectivity index (χ1) is 16.8. The molecule has 1 heterocycles. The SMILES string of the molecule is O=C(CN1C(=O)S/C(=C/c2ccc(OCc3ccc(Cl)cc3)c(Br)c2)C1=O)Nc1ccc(Br)cc1. The fourth-order valence-corrected chi connectivity index (χ4v) is 4.87. The molecule has 1 N–H and O–H groups in total. The van der Waals surface area contributed by atoms with E-state index >= 15 is 0 Å². The Bertz CT molecular complexity index is 1310. The fraction of sp³-hybridized carbons (Fsp3) is 0.0800. The zero-order valence-corrected chi connectivity index (χ0v) is 22.7. The molecule has 3 aromatic rings. The van der Waals surface area contributed by atoms with Gasteiger partial charge in [0.25, 0.3) is 11.1 Å². The quantitative estimate of drug-likeness (QED) is 0.280. The second-order valence-electron chi connectivity index (χ2n) is 7.43. The van der Waals surface area contributed by atoms with Crippen LogP contribution in [0.3, 0.4) is 0 Å². The van der Waals surface area contributed by atoms with Crippen molar-refractivity contribution in [3.63, 3.8) is 0 Å². The normalized spacial score (nSPS) is 14.5. The third-order valence-electron chi connectivity index (χ3n) is 4.86. The molecule has 0 spiro atoms. The number of hydrogen-bond acceptors (Lipinski definition) is 5. The summed E-state index contributed by atoms with van der Waals surface area (Å²) in [6.45, 7) is 0.00949. The summed E-state index contributed by atoms with van der Waals surface area (Å²) < 4.78 is 7.43. The molecule has 178 valence electrons. The number of carbonyl (C=O) groups is 3. The number of imide groups is 1. The van der Waals surface area contributed by atoms with E-state index in [1.807, 2.05) is 12.1 Å². The highest BCUT2D eigenvalue weighted by molar-refractivity contribution is 9.10. The molecular weight excluding hydrogens is 620 g/mol. The lowest BCUT2D eigenvalue weighted by atomic mass is 10.2. The Hall–Kier alpha value is -2.59. The molecule has 0 aromatic heterocycles. The summed E-state index contributed by atoms with van der Waals surface area (Å²) in [5, 5.41) is 2.85. The average Bonchev–Trinajstić information content (AvgIpc) is 3.08. The minimum absolute atomic E-state index is 0.244. The average molecular weight is 637 g/mol. The molecular formula is C25H17Br2ClN2O4S. The van der Waals surface area contributed by atoms with Gasteiger partial charge in [-0.2, -0.15) is 0 Å². The van der Waals surface area contributed by atoms with Gasteiger partial charge in [0.2, 0.25) is 5.91 Å². The molecule has 4 rings (SSSR count). The maximum absolute atomic E-state index is 12.8. The van der Waals surface area contributed by atoms with Crippen molar-refractivity contribution in [1.29, 1.82) is 0 Å². The summed E-state index contributed by atoms with van der Waals surface area (Å²) in [4.78, 5) is 38.7. The summed E-state index contributed by atoms with van der Waals surface area (Å²) in [6, 6.07) is 19.7. The number of nitrogens with zero attached hydrogens (tertiary/aromatic N) is 1. The lowest BCUT2D eigenvalue weighted by Gasteiger charge is -2.12. The molecule has 3 aromatic carbocycles. The summed E-state index contributed by atoms with van der Waals surface area (Å²) in [7, 11) is 0. The first-order valence-corrected chi connectivity index (χ1v) is 13.0. The van der Waals surface area contributed by atoms with E-state index in [4.69, 9.17) is 16.3 Å². The molecule has 1 fully saturated rings. The van der Waals surface area contributed by atoms with Crippen molar-refractivity contribution >= 4 is 84.0 Å². The minimum Gasteiger partial charge on any atom is -0.488 e. The van der Waals surface area contributed by atoms with Crippen LogP contribution in [0.15, 0.2) is 80.6 Å². The molecule has 0 atom stereocenters. The fourth-order valence-electron chi connectivity index (χ4n) is 3.13. The molecule has 0 radical (unpaired) electrons. The van der Waals surface area contributed by atoms with Crippen molar-refractivity contribution in [3.05, 3.63) is 96.7 Å². The number of hydrogen-bond donors (Lipinski definition) is 1. The lowest BCUT2D eigenvalue weighted by Crippen LogP contribution is -2.36. The van der Waals surface area contributed by atoms with Gasteiger partial charge in [0.1, 0.15) is 18.9 Å². The molecule has 3 amide bonds. The van der Waals surface area contributed by atoms with Gasteiger partial charge < -0.3 is 10.1 Å². The Morgan fingerprint density at radius 2 is 1.74 bits per heavy atom. The Morgan fingerprint density at radius 3 is 2.43 bits per heavy atom. The van der Waals surface area contributed by atoms with Crippen LogP contribution in [0.1, 0.15) is 11.1 Å². The number of carbonyl (C=O) groups excluding carboxylic acids is 3. The minimum atomic E-state index is -0.509. The number of rotatable bonds is 7. The third-order valence-corrected chi connectivity index (χ3v) is 7.17. The van der Waals surface area contributed by atoms with Crippen LogP contribution >= 0.6 is 55.2 Å². The largest absolute Gasteiger partial charge is 0.488 e. The predicted molar refractivity (Wildman–Crippen MR) is 145 cm³/mol. The van der Waals surface area contributed by atoms with Crippen LogP contribution in [-0.2, 0) is 16.2 Å². The van der Waals surface area contributed by atoms with E-state index in [0.29, 0.717) is 33.1 Å². The second-order valence-corrected chi connectivity index (χ2v) is 10.6. The highest BCUT2D eigenvalue weighted by Crippen LogP contribution is 2.34. The van der Waals surface area contributed by atoms with E-state index in [2.05, 4.69) is 37.2 Å². The predicted octanol–water partition coefficient (Wildman–Crippen LogP) is 7.12. The van der Waals surface area contributed by atoms with Gasteiger partial charge in [-0.1, -0.05) is 45.7 Å². The van der Waals surface area contributed by atoms with Gasteiger partial charge in [0.15, 0.2) is 0 Å². The smallest absolute Gasteiger partial charge is 0.294 e. The van der Waals surface area contributed by atoms with Crippen LogP contribution in [0.4, 0.5) is 10.5 Å². The van der Waals surface area contributed by atoms with Crippen molar-refractivity contribution in [1.82, 2.24) is 4.90 Å². The van der Waals surface area contributed by atoms with Crippen LogP contribution in [0.2, 0.25) is 5.02 Å². The number of amides is 3. The Morgan fingerprint density at radius 1 is 1.03 bits per heavy atom. The monoisotopic (exact) mass is 634 g/mol. The van der Waals surface area contributed by atoms with Crippen molar-refractivity contribution in [2.75, 3.05) is 11.9 Å². The lowest BCUT2D eigenvalue weighted by molar-refractivity contribution is -0.127. The van der Waals surface area contributed by atoms with Gasteiger partial charge in [0.05, 0.1) is 9.38 Å². The van der Waals surface area contributed by atoms with Crippen molar-refractivity contribution in [3.8, 4) is 5.75 Å². The van der Waals surface area contributed by atoms with Crippen LogP contribution in [-0.4, -0.2) is 28.5 Å². The number of anilines is 1. The van der Waals surface area contributed by atoms with Gasteiger partial charge in [-0.3, -0.25) is 19.3 Å². The topological polar surface area (TPSA) is 75.7 Å². The highest BCUT2D eigenvalue weighted by atomic mass is 79.9. The molecule has 1 aliphatic heterocycles. The van der Waals surface area contributed by atoms with Crippen molar-refractivity contribution < 1.29 is 19.1 Å². The number of benzene rings is 3. The van der Waals surface area contributed by atoms with Crippen molar-refractivity contribution in [2.45, 2.75) is 6.61 Å². The first kappa shape index (κ1) is 25.5. The maximum atomic E-state index is 12.8. The molecule has 6 nitrogen and oxygen atoms in total. The van der Waals surface area contributed by atoms with Crippen LogP contribution < -0.4 is 10.1 Å². The van der Waals surface area contributed by atoms with Crippen LogP contribution in [0.25, 0.3) is 6.08 Å². The Balaban J connectivity index is 1.39. The van der Waals surface area contributed by atoms with Gasteiger partial charge in [-0.15, -0.1) is 0 Å². The van der Waals surface area contributed by atoms with Gasteiger partial charge in [0, 0.05) is 15.2 Å². The van der Waals surface area contributed by atoms with Crippen molar-refractivity contribution in [2.24, 2.45) is 0 Å². The first-order valence-electron chi connectivity index (χ1n) is 10.3. The van der Waals surface area contributed by atoms with E-state index in [-0.39, 0.29) is 11.4 Å². The molecule has 0 saturated carbocycles. The molecule has 0 bridgehead atoms. The Labute approximate surface area is 227 Å². The standard InChI is InChI=1S/C25H17Br2ClN2O4S/c26-17-4-8-19(9-5-17)29-23(31)13-30-24(32)22(35-25(30)33)12-16-3-10-21(20(27)11-16)34-14-15-1-6-18(28)7-2-15/h1-12H,13-14H2,(H,29,31)/b22-12+. The molecule has 0 unspecified atom stereocenters. The van der Waals surface area contributed by atoms with Gasteiger partial charge in [-0.25, -0.2) is 0 Å². The molecule has 0 aliphatic carbocycles. The van der Waals surface area contributed by atoms with E-state index in [0.717, 1.165) is 26.7 Å². The second kappa shape index (κ2) is 11.4. The van der Waals surface area contributed by atoms with Gasteiger partial charge >= 0.3 is 0 Å². The summed E-state index contributed by atoms with van der Waals surface area (Å²) in [6.07, 6.45) is 1.62. The van der Waals surface area contributed by atoms with Gasteiger partial charge in [-0.05, 0) is 93.4 Å². The number of ether oxygens (including phenoxy) is 1.